The van der Waals surface area contributed by atoms with Crippen molar-refractivity contribution in [3.63, 3.8) is 0 Å². The molecule has 1 atom stereocenters. The number of rotatable bonds is 5. The van der Waals surface area contributed by atoms with E-state index in [1.54, 1.807) is 18.2 Å². The topological polar surface area (TPSA) is 91.1 Å². The van der Waals surface area contributed by atoms with Gasteiger partial charge in [-0.05, 0) is 31.4 Å². The Bertz CT molecular complexity index is 759. The minimum atomic E-state index is -0.981. The second-order valence-corrected chi connectivity index (χ2v) is 7.71. The van der Waals surface area contributed by atoms with E-state index < -0.39 is 12.0 Å². The monoisotopic (exact) mass is 394 g/mol. The Labute approximate surface area is 160 Å². The zero-order chi connectivity index (χ0) is 18.7. The minimum Gasteiger partial charge on any atom is -0.480 e. The summed E-state index contributed by atoms with van der Waals surface area (Å²) in [7, 11) is 0. The molecule has 3 rings (SSSR count). The predicted octanol–water partition coefficient (Wildman–Crippen LogP) is 2.34. The number of carbonyl (C=O) groups excluding carboxylic acids is 2. The lowest BCUT2D eigenvalue weighted by atomic mass is 10.0. The van der Waals surface area contributed by atoms with Gasteiger partial charge < -0.3 is 14.4 Å². The van der Waals surface area contributed by atoms with E-state index >= 15 is 0 Å². The third-order valence-electron chi connectivity index (χ3n) is 4.35. The Hall–Kier alpha value is -2.13. The summed E-state index contributed by atoms with van der Waals surface area (Å²) < 4.78 is 5.59. The Balaban J connectivity index is 1.62. The Morgan fingerprint density at radius 3 is 2.92 bits per heavy atom. The molecule has 0 bridgehead atoms. The highest BCUT2D eigenvalue weighted by molar-refractivity contribution is 8.26. The number of nitrogens with zero attached hydrogens (tertiary/aromatic N) is 2. The van der Waals surface area contributed by atoms with Crippen LogP contribution in [-0.2, 0) is 14.4 Å². The minimum absolute atomic E-state index is 0.0459. The lowest BCUT2D eigenvalue weighted by molar-refractivity contribution is -0.152. The van der Waals surface area contributed by atoms with Crippen molar-refractivity contribution in [3.05, 3.63) is 29.1 Å². The molecule has 3 heterocycles. The van der Waals surface area contributed by atoms with E-state index in [0.29, 0.717) is 28.0 Å². The van der Waals surface area contributed by atoms with Crippen molar-refractivity contribution in [2.24, 2.45) is 0 Å². The van der Waals surface area contributed by atoms with Crippen LogP contribution in [0.25, 0.3) is 6.08 Å². The van der Waals surface area contributed by atoms with Gasteiger partial charge in [0.2, 0.25) is 5.91 Å². The van der Waals surface area contributed by atoms with Crippen LogP contribution in [0.4, 0.5) is 0 Å². The van der Waals surface area contributed by atoms with Gasteiger partial charge in [0.15, 0.2) is 0 Å². The average Bonchev–Trinajstić information content (AvgIpc) is 3.22. The molecule has 1 N–H and O–H groups in total. The first-order valence-electron chi connectivity index (χ1n) is 8.28. The molecule has 2 aliphatic rings. The Morgan fingerprint density at radius 2 is 2.23 bits per heavy atom. The highest BCUT2D eigenvalue weighted by atomic mass is 32.2. The van der Waals surface area contributed by atoms with Crippen LogP contribution in [0.15, 0.2) is 27.7 Å². The maximum absolute atomic E-state index is 12.5. The standard InChI is InChI=1S/C17H18N2O5S2/c20-14(18-7-2-1-5-12(18)16(22)23)6-8-19-15(21)13(26-17(19)25)10-11-4-3-9-24-11/h3-4,9-10,12H,1-2,5-8H2,(H,22,23). The average molecular weight is 394 g/mol. The smallest absolute Gasteiger partial charge is 0.326 e. The van der Waals surface area contributed by atoms with E-state index in [9.17, 15) is 19.5 Å². The number of aliphatic carboxylic acids is 1. The molecule has 2 saturated heterocycles. The SMILES string of the molecule is O=C(O)C1CCCCN1C(=O)CCN1C(=O)C(=Cc2ccco2)SC1=S. The number of carboxylic acids is 1. The van der Waals surface area contributed by atoms with E-state index in [2.05, 4.69) is 0 Å². The van der Waals surface area contributed by atoms with Gasteiger partial charge in [-0.3, -0.25) is 14.5 Å². The maximum Gasteiger partial charge on any atom is 0.326 e. The number of hydrogen-bond acceptors (Lipinski definition) is 6. The van der Waals surface area contributed by atoms with Gasteiger partial charge in [-0.15, -0.1) is 0 Å². The summed E-state index contributed by atoms with van der Waals surface area (Å²) in [4.78, 5) is 39.5. The van der Waals surface area contributed by atoms with Crippen molar-refractivity contribution in [1.29, 1.82) is 0 Å². The summed E-state index contributed by atoms with van der Waals surface area (Å²) in [6, 6.07) is 2.68. The number of carboxylic acid groups (broad SMARTS) is 1. The van der Waals surface area contributed by atoms with Crippen LogP contribution in [0.2, 0.25) is 0 Å². The normalized spacial score (nSPS) is 22.3. The van der Waals surface area contributed by atoms with Gasteiger partial charge in [0, 0.05) is 25.6 Å². The van der Waals surface area contributed by atoms with Crippen molar-refractivity contribution in [2.75, 3.05) is 13.1 Å². The molecule has 0 saturated carbocycles. The van der Waals surface area contributed by atoms with Crippen LogP contribution in [0.5, 0.6) is 0 Å². The lowest BCUT2D eigenvalue weighted by Crippen LogP contribution is -2.48. The third-order valence-corrected chi connectivity index (χ3v) is 5.73. The molecule has 7 nitrogen and oxygen atoms in total. The summed E-state index contributed by atoms with van der Waals surface area (Å²) in [5, 5.41) is 9.28. The fourth-order valence-electron chi connectivity index (χ4n) is 3.03. The van der Waals surface area contributed by atoms with Crippen LogP contribution in [0, 0.1) is 0 Å². The molecule has 2 amide bonds. The summed E-state index contributed by atoms with van der Waals surface area (Å²) >= 11 is 6.40. The van der Waals surface area contributed by atoms with E-state index in [4.69, 9.17) is 16.6 Å². The molecular formula is C17H18N2O5S2. The molecule has 0 aromatic carbocycles. The fourth-order valence-corrected chi connectivity index (χ4v) is 4.32. The first kappa shape index (κ1) is 18.7. The Kier molecular flexibility index (Phi) is 5.77. The third kappa shape index (κ3) is 3.99. The number of carbonyl (C=O) groups is 3. The van der Waals surface area contributed by atoms with Crippen LogP contribution >= 0.6 is 24.0 Å². The molecule has 0 spiro atoms. The number of furan rings is 1. The Morgan fingerprint density at radius 1 is 1.42 bits per heavy atom. The zero-order valence-corrected chi connectivity index (χ0v) is 15.6. The van der Waals surface area contributed by atoms with Gasteiger partial charge in [-0.1, -0.05) is 24.0 Å². The zero-order valence-electron chi connectivity index (χ0n) is 13.9. The van der Waals surface area contributed by atoms with Gasteiger partial charge in [0.1, 0.15) is 16.1 Å². The van der Waals surface area contributed by atoms with Gasteiger partial charge in [0.25, 0.3) is 5.91 Å². The van der Waals surface area contributed by atoms with E-state index in [1.807, 2.05) is 0 Å². The second-order valence-electron chi connectivity index (χ2n) is 6.04. The molecular weight excluding hydrogens is 376 g/mol. The number of thioether (sulfide) groups is 1. The number of piperidine rings is 1. The number of thiocarbonyl (C=S) groups is 1. The number of likely N-dealkylation sites (tertiary alicyclic amines) is 1. The summed E-state index contributed by atoms with van der Waals surface area (Å²) in [5.74, 6) is -0.956. The van der Waals surface area contributed by atoms with Crippen LogP contribution in [0.3, 0.4) is 0 Å². The van der Waals surface area contributed by atoms with Crippen molar-refractivity contribution in [1.82, 2.24) is 9.80 Å². The lowest BCUT2D eigenvalue weighted by Gasteiger charge is -2.33. The highest BCUT2D eigenvalue weighted by Crippen LogP contribution is 2.32. The summed E-state index contributed by atoms with van der Waals surface area (Å²) in [5.41, 5.74) is 0. The van der Waals surface area contributed by atoms with Gasteiger partial charge in [0.05, 0.1) is 11.2 Å². The van der Waals surface area contributed by atoms with Crippen LogP contribution in [-0.4, -0.2) is 56.1 Å². The van der Waals surface area contributed by atoms with Crippen molar-refractivity contribution >= 4 is 52.2 Å². The first-order chi connectivity index (χ1) is 12.5. The van der Waals surface area contributed by atoms with E-state index in [-0.39, 0.29) is 24.8 Å². The van der Waals surface area contributed by atoms with Crippen molar-refractivity contribution in [2.45, 2.75) is 31.7 Å². The van der Waals surface area contributed by atoms with Crippen LogP contribution in [0.1, 0.15) is 31.4 Å². The fraction of sp³-hybridized carbons (Fsp3) is 0.412. The van der Waals surface area contributed by atoms with E-state index in [0.717, 1.165) is 24.6 Å². The van der Waals surface area contributed by atoms with Gasteiger partial charge >= 0.3 is 5.97 Å². The first-order valence-corrected chi connectivity index (χ1v) is 9.51. The summed E-state index contributed by atoms with van der Waals surface area (Å²) in [6.07, 6.45) is 5.24. The molecule has 26 heavy (non-hydrogen) atoms. The molecule has 2 aliphatic heterocycles. The molecule has 0 radical (unpaired) electrons. The second kappa shape index (κ2) is 8.05. The number of hydrogen-bond donors (Lipinski definition) is 1. The quantitative estimate of drug-likeness (QED) is 0.605. The number of amides is 2. The highest BCUT2D eigenvalue weighted by Gasteiger charge is 2.35. The van der Waals surface area contributed by atoms with Crippen LogP contribution < -0.4 is 0 Å². The molecule has 9 heteroatoms. The largest absolute Gasteiger partial charge is 0.480 e. The molecule has 0 aliphatic carbocycles. The molecule has 2 fully saturated rings. The summed E-state index contributed by atoms with van der Waals surface area (Å²) in [6.45, 7) is 0.578. The molecule has 1 aromatic rings. The maximum atomic E-state index is 12.5. The molecule has 1 unspecified atom stereocenters. The van der Waals surface area contributed by atoms with Gasteiger partial charge in [-0.25, -0.2) is 4.79 Å². The van der Waals surface area contributed by atoms with Crippen molar-refractivity contribution < 1.29 is 23.9 Å². The van der Waals surface area contributed by atoms with Crippen molar-refractivity contribution in [3.8, 4) is 0 Å². The van der Waals surface area contributed by atoms with E-state index in [1.165, 1.54) is 16.1 Å². The van der Waals surface area contributed by atoms with Gasteiger partial charge in [-0.2, -0.15) is 0 Å². The predicted molar refractivity (Wildman–Crippen MR) is 100 cm³/mol. The molecule has 138 valence electrons. The molecule has 1 aromatic heterocycles.